The second-order valence-corrected chi connectivity index (χ2v) is 4.52. The Balaban J connectivity index is 2.23. The summed E-state index contributed by atoms with van der Waals surface area (Å²) in [6.45, 7) is 2.94. The lowest BCUT2D eigenvalue weighted by Gasteiger charge is -2.08. The molecule has 20 heavy (non-hydrogen) atoms. The fourth-order valence-electron chi connectivity index (χ4n) is 2.09. The molecule has 3 N–H and O–H groups in total. The summed E-state index contributed by atoms with van der Waals surface area (Å²) in [6, 6.07) is 7.19. The van der Waals surface area contributed by atoms with Gasteiger partial charge in [0.05, 0.1) is 22.6 Å². The lowest BCUT2D eigenvalue weighted by molar-refractivity contribution is 0.411. The number of aryl methyl sites for hydroxylation is 1. The molecule has 5 nitrogen and oxygen atoms in total. The smallest absolute Gasteiger partial charge is 0.127 e. The molecule has 0 aliphatic rings. The molecular weight excluding hydrogens is 252 g/mol. The highest BCUT2D eigenvalue weighted by Crippen LogP contribution is 2.26. The van der Waals surface area contributed by atoms with Crippen LogP contribution < -0.4 is 5.73 Å². The van der Waals surface area contributed by atoms with E-state index in [1.54, 1.807) is 30.6 Å². The number of hydrogen-bond donors (Lipinski definition) is 2. The third kappa shape index (κ3) is 2.08. The summed E-state index contributed by atoms with van der Waals surface area (Å²) in [5, 5.41) is 9.00. The van der Waals surface area contributed by atoms with Gasteiger partial charge < -0.3 is 10.8 Å². The van der Waals surface area contributed by atoms with Crippen LogP contribution in [0.5, 0.6) is 0 Å². The number of aliphatic hydroxyl groups excluding tert-OH is 1. The number of pyridine rings is 3. The van der Waals surface area contributed by atoms with E-state index in [1.165, 1.54) is 0 Å². The minimum absolute atomic E-state index is 0.455. The predicted molar refractivity (Wildman–Crippen MR) is 77.3 cm³/mol. The average molecular weight is 265 g/mol. The van der Waals surface area contributed by atoms with Gasteiger partial charge in [-0.1, -0.05) is 0 Å². The van der Waals surface area contributed by atoms with Crippen LogP contribution in [-0.4, -0.2) is 20.1 Å². The average Bonchev–Trinajstić information content (AvgIpc) is 2.47. The van der Waals surface area contributed by atoms with Gasteiger partial charge in [0.15, 0.2) is 0 Å². The molecule has 3 heterocycles. The number of nitrogens with two attached hydrogens (primary N) is 1. The number of aliphatic hydroxyl groups is 1. The van der Waals surface area contributed by atoms with Crippen LogP contribution in [-0.2, 0) is 0 Å². The molecule has 0 atom stereocenters. The maximum Gasteiger partial charge on any atom is 0.127 e. The van der Waals surface area contributed by atoms with E-state index in [4.69, 9.17) is 10.8 Å². The van der Waals surface area contributed by atoms with Gasteiger partial charge >= 0.3 is 0 Å². The minimum atomic E-state index is 0.455. The maximum absolute atomic E-state index is 9.00. The second-order valence-electron chi connectivity index (χ2n) is 4.52. The Morgan fingerprint density at radius 2 is 2.05 bits per heavy atom. The van der Waals surface area contributed by atoms with Crippen molar-refractivity contribution in [2.75, 3.05) is 5.73 Å². The van der Waals surface area contributed by atoms with E-state index < -0.39 is 0 Å². The molecule has 99 valence electrons. The van der Waals surface area contributed by atoms with Gasteiger partial charge in [-0.15, -0.1) is 0 Å². The van der Waals surface area contributed by atoms with Crippen LogP contribution in [0.2, 0.25) is 0 Å². The monoisotopic (exact) mass is 265 g/mol. The summed E-state index contributed by atoms with van der Waals surface area (Å²) in [4.78, 5) is 12.9. The van der Waals surface area contributed by atoms with Gasteiger partial charge in [-0.3, -0.25) is 4.98 Å². The van der Waals surface area contributed by atoms with Crippen molar-refractivity contribution in [1.82, 2.24) is 15.0 Å². The van der Waals surface area contributed by atoms with Crippen LogP contribution in [0.15, 0.2) is 36.7 Å². The number of hydrogen-bond acceptors (Lipinski definition) is 5. The number of anilines is 1. The first-order chi connectivity index (χ1) is 9.69. The number of nitrogens with zero attached hydrogens (tertiary/aromatic N) is 3. The molecule has 3 aromatic rings. The molecule has 0 aromatic carbocycles. The molecule has 5 heteroatoms. The summed E-state index contributed by atoms with van der Waals surface area (Å²) in [6.07, 6.45) is 3.51. The maximum atomic E-state index is 9.00. The van der Waals surface area contributed by atoms with Crippen LogP contribution in [0.3, 0.4) is 0 Å². The summed E-state index contributed by atoms with van der Waals surface area (Å²) in [5.74, 6) is 0. The largest absolute Gasteiger partial charge is 0.397 e. The SMILES string of the molecule is Cc1ccncc1-c1cc(N)c2nc([CH]O)ccc2n1. The number of fused-ring (bicyclic) bond motifs is 1. The Hall–Kier alpha value is -2.53. The Kier molecular flexibility index (Phi) is 3.04. The van der Waals surface area contributed by atoms with Crippen LogP contribution in [0.1, 0.15) is 11.3 Å². The number of aromatic nitrogens is 3. The van der Waals surface area contributed by atoms with Crippen molar-refractivity contribution in [3.63, 3.8) is 0 Å². The molecule has 3 aromatic heterocycles. The fourth-order valence-corrected chi connectivity index (χ4v) is 2.09. The van der Waals surface area contributed by atoms with E-state index >= 15 is 0 Å². The van der Waals surface area contributed by atoms with Crippen molar-refractivity contribution in [3.8, 4) is 11.3 Å². The summed E-state index contributed by atoms with van der Waals surface area (Å²) in [7, 11) is 0. The molecule has 3 rings (SSSR count). The van der Waals surface area contributed by atoms with Crippen molar-refractivity contribution in [3.05, 3.63) is 54.5 Å². The molecule has 0 saturated carbocycles. The molecule has 1 radical (unpaired) electrons. The van der Waals surface area contributed by atoms with Gasteiger partial charge in [0, 0.05) is 18.0 Å². The van der Waals surface area contributed by atoms with Gasteiger partial charge in [-0.25, -0.2) is 9.97 Å². The fraction of sp³-hybridized carbons (Fsp3) is 0.0667. The highest BCUT2D eigenvalue weighted by Gasteiger charge is 2.09. The number of rotatable bonds is 2. The van der Waals surface area contributed by atoms with Crippen LogP contribution >= 0.6 is 0 Å². The lowest BCUT2D eigenvalue weighted by atomic mass is 10.1. The van der Waals surface area contributed by atoms with Crippen molar-refractivity contribution < 1.29 is 5.11 Å². The van der Waals surface area contributed by atoms with Gasteiger partial charge in [0.2, 0.25) is 0 Å². The first kappa shape index (κ1) is 12.5. The lowest BCUT2D eigenvalue weighted by Crippen LogP contribution is -1.98. The van der Waals surface area contributed by atoms with Crippen molar-refractivity contribution in [2.24, 2.45) is 0 Å². The van der Waals surface area contributed by atoms with Crippen molar-refractivity contribution in [2.45, 2.75) is 6.92 Å². The van der Waals surface area contributed by atoms with E-state index in [1.807, 2.05) is 13.0 Å². The number of nitrogen functional groups attached to an aromatic ring is 1. The Morgan fingerprint density at radius 3 is 2.80 bits per heavy atom. The minimum Gasteiger partial charge on any atom is -0.397 e. The van der Waals surface area contributed by atoms with E-state index in [9.17, 15) is 0 Å². The van der Waals surface area contributed by atoms with Crippen LogP contribution in [0.4, 0.5) is 5.69 Å². The first-order valence-corrected chi connectivity index (χ1v) is 6.15. The molecule has 0 fully saturated rings. The van der Waals surface area contributed by atoms with E-state index in [2.05, 4.69) is 15.0 Å². The highest BCUT2D eigenvalue weighted by molar-refractivity contribution is 5.89. The summed E-state index contributed by atoms with van der Waals surface area (Å²) in [5.41, 5.74) is 11.1. The molecule has 0 amide bonds. The zero-order valence-corrected chi connectivity index (χ0v) is 10.9. The Morgan fingerprint density at radius 1 is 1.20 bits per heavy atom. The highest BCUT2D eigenvalue weighted by atomic mass is 16.3. The normalized spacial score (nSPS) is 10.9. The molecule has 0 unspecified atom stereocenters. The van der Waals surface area contributed by atoms with Crippen molar-refractivity contribution >= 4 is 16.7 Å². The molecule has 0 aliphatic carbocycles. The zero-order chi connectivity index (χ0) is 14.1. The topological polar surface area (TPSA) is 84.9 Å². The van der Waals surface area contributed by atoms with Crippen LogP contribution in [0.25, 0.3) is 22.3 Å². The Bertz CT molecular complexity index is 786. The van der Waals surface area contributed by atoms with Crippen molar-refractivity contribution in [1.29, 1.82) is 0 Å². The first-order valence-electron chi connectivity index (χ1n) is 6.15. The van der Waals surface area contributed by atoms with Crippen LogP contribution in [0, 0.1) is 13.5 Å². The van der Waals surface area contributed by atoms with E-state index in [0.717, 1.165) is 23.4 Å². The molecule has 0 saturated heterocycles. The molecular formula is C15H13N4O. The third-order valence-corrected chi connectivity index (χ3v) is 3.15. The third-order valence-electron chi connectivity index (χ3n) is 3.15. The Labute approximate surface area is 116 Å². The van der Waals surface area contributed by atoms with Gasteiger partial charge in [0.25, 0.3) is 0 Å². The zero-order valence-electron chi connectivity index (χ0n) is 10.9. The quantitative estimate of drug-likeness (QED) is 0.743. The second kappa shape index (κ2) is 4.86. The summed E-state index contributed by atoms with van der Waals surface area (Å²) < 4.78 is 0. The van der Waals surface area contributed by atoms with E-state index in [-0.39, 0.29) is 0 Å². The molecule has 0 bridgehead atoms. The predicted octanol–water partition coefficient (Wildman–Crippen LogP) is 2.46. The summed E-state index contributed by atoms with van der Waals surface area (Å²) >= 11 is 0. The molecule has 0 aliphatic heterocycles. The van der Waals surface area contributed by atoms with Gasteiger partial charge in [-0.2, -0.15) is 0 Å². The molecule has 0 spiro atoms. The standard InChI is InChI=1S/C15H13N4O/c1-9-4-5-17-7-11(9)14-6-12(16)15-13(19-14)3-2-10(8-20)18-15/h2-8,20H,1H3,(H2,16,19). The van der Waals surface area contributed by atoms with E-state index in [0.29, 0.717) is 22.4 Å². The van der Waals surface area contributed by atoms with Gasteiger partial charge in [-0.05, 0) is 36.8 Å². The van der Waals surface area contributed by atoms with Gasteiger partial charge in [0.1, 0.15) is 12.1 Å².